The number of hydrogen-bond donors (Lipinski definition) is 0. The molecule has 0 spiro atoms. The molecule has 8 heteroatoms. The Kier molecular flexibility index (Phi) is 4.82. The fraction of sp³-hybridized carbons (Fsp3) is 0.111. The van der Waals surface area contributed by atoms with Crippen molar-refractivity contribution in [1.29, 1.82) is 0 Å². The van der Waals surface area contributed by atoms with Crippen molar-refractivity contribution >= 4 is 39.6 Å². The maximum atomic E-state index is 13.8. The summed E-state index contributed by atoms with van der Waals surface area (Å²) >= 11 is 0. The molecule has 4 aromatic rings. The van der Waals surface area contributed by atoms with Crippen LogP contribution in [0, 0.1) is 16.0 Å². The highest BCUT2D eigenvalue weighted by molar-refractivity contribution is 6.24. The lowest BCUT2D eigenvalue weighted by Gasteiger charge is -2.29. The van der Waals surface area contributed by atoms with Gasteiger partial charge in [0.25, 0.3) is 11.6 Å². The lowest BCUT2D eigenvalue weighted by atomic mass is 9.87. The monoisotopic (exact) mass is 465 g/mol. The van der Waals surface area contributed by atoms with Crippen LogP contribution in [0.25, 0.3) is 10.8 Å². The van der Waals surface area contributed by atoms with E-state index in [0.717, 1.165) is 26.9 Å². The minimum Gasteiger partial charge on any atom is -0.273 e. The molecule has 2 amide bonds. The van der Waals surface area contributed by atoms with Gasteiger partial charge in [0.2, 0.25) is 5.91 Å². The Labute approximate surface area is 200 Å². The number of rotatable bonds is 4. The van der Waals surface area contributed by atoms with E-state index >= 15 is 0 Å². The Morgan fingerprint density at radius 2 is 1.43 bits per heavy atom. The molecule has 6 rings (SSSR count). The van der Waals surface area contributed by atoms with E-state index in [1.165, 1.54) is 24.3 Å². The number of benzene rings is 4. The van der Waals surface area contributed by atoms with Crippen LogP contribution < -0.4 is 9.96 Å². The van der Waals surface area contributed by atoms with Crippen molar-refractivity contribution in [3.63, 3.8) is 0 Å². The number of para-hydroxylation sites is 1. The molecular weight excluding hydrogens is 446 g/mol. The van der Waals surface area contributed by atoms with Crippen molar-refractivity contribution in [1.82, 2.24) is 0 Å². The van der Waals surface area contributed by atoms with Crippen LogP contribution in [-0.2, 0) is 14.4 Å². The molecule has 0 unspecified atom stereocenters. The summed E-state index contributed by atoms with van der Waals surface area (Å²) in [6, 6.07) is 28.0. The largest absolute Gasteiger partial charge is 0.273 e. The Morgan fingerprint density at radius 3 is 2.17 bits per heavy atom. The van der Waals surface area contributed by atoms with Crippen LogP contribution in [0.5, 0.6) is 0 Å². The van der Waals surface area contributed by atoms with Gasteiger partial charge in [0, 0.05) is 12.1 Å². The lowest BCUT2D eigenvalue weighted by molar-refractivity contribution is -0.384. The number of amides is 2. The maximum Gasteiger partial charge on any atom is 0.269 e. The Balaban J connectivity index is 1.47. The van der Waals surface area contributed by atoms with Gasteiger partial charge in [-0.1, -0.05) is 60.7 Å². The van der Waals surface area contributed by atoms with Gasteiger partial charge in [-0.2, -0.15) is 0 Å². The summed E-state index contributed by atoms with van der Waals surface area (Å²) in [4.78, 5) is 45.0. The molecule has 8 nitrogen and oxygen atoms in total. The Bertz CT molecular complexity index is 1470. The van der Waals surface area contributed by atoms with Gasteiger partial charge in [0.05, 0.1) is 22.3 Å². The molecular formula is C27H19N3O5. The van der Waals surface area contributed by atoms with Gasteiger partial charge < -0.3 is 0 Å². The molecule has 35 heavy (non-hydrogen) atoms. The molecule has 2 aliphatic rings. The highest BCUT2D eigenvalue weighted by Crippen LogP contribution is 2.48. The van der Waals surface area contributed by atoms with E-state index in [0.29, 0.717) is 0 Å². The third-order valence-electron chi connectivity index (χ3n) is 6.59. The van der Waals surface area contributed by atoms with Crippen molar-refractivity contribution in [3.8, 4) is 0 Å². The minimum absolute atomic E-state index is 0.117. The quantitative estimate of drug-likeness (QED) is 0.244. The van der Waals surface area contributed by atoms with E-state index in [4.69, 9.17) is 4.84 Å². The van der Waals surface area contributed by atoms with Crippen LogP contribution in [0.4, 0.5) is 17.1 Å². The van der Waals surface area contributed by atoms with Crippen LogP contribution in [0.2, 0.25) is 0 Å². The van der Waals surface area contributed by atoms with Gasteiger partial charge >= 0.3 is 0 Å². The van der Waals surface area contributed by atoms with E-state index in [9.17, 15) is 19.7 Å². The zero-order valence-corrected chi connectivity index (χ0v) is 18.4. The molecule has 0 N–H and O–H groups in total. The predicted molar refractivity (Wildman–Crippen MR) is 130 cm³/mol. The zero-order chi connectivity index (χ0) is 24.1. The second-order valence-electron chi connectivity index (χ2n) is 8.51. The number of non-ortho nitro benzene ring substituents is 1. The molecule has 172 valence electrons. The lowest BCUT2D eigenvalue weighted by Crippen LogP contribution is -2.37. The number of imide groups is 1. The number of carbonyl (C=O) groups excluding carboxylic acids is 2. The van der Waals surface area contributed by atoms with Crippen molar-refractivity contribution < 1.29 is 19.3 Å². The van der Waals surface area contributed by atoms with E-state index in [-0.39, 0.29) is 11.4 Å². The zero-order valence-electron chi connectivity index (χ0n) is 18.4. The van der Waals surface area contributed by atoms with Crippen LogP contribution in [0.3, 0.4) is 0 Å². The van der Waals surface area contributed by atoms with Gasteiger partial charge in [0.15, 0.2) is 6.10 Å². The van der Waals surface area contributed by atoms with Gasteiger partial charge in [-0.25, -0.2) is 9.96 Å². The second-order valence-corrected chi connectivity index (χ2v) is 8.51. The van der Waals surface area contributed by atoms with Gasteiger partial charge in [-0.05, 0) is 40.6 Å². The first-order valence-electron chi connectivity index (χ1n) is 11.2. The van der Waals surface area contributed by atoms with E-state index in [1.54, 1.807) is 5.06 Å². The number of anilines is 2. The van der Waals surface area contributed by atoms with E-state index in [2.05, 4.69) is 0 Å². The molecule has 3 atom stereocenters. The fourth-order valence-electron chi connectivity index (χ4n) is 5.02. The van der Waals surface area contributed by atoms with Crippen molar-refractivity contribution in [2.24, 2.45) is 5.92 Å². The number of carbonyl (C=O) groups is 2. The number of nitrogens with zero attached hydrogens (tertiary/aromatic N) is 3. The normalized spacial score (nSPS) is 21.5. The van der Waals surface area contributed by atoms with Crippen molar-refractivity contribution in [2.45, 2.75) is 12.1 Å². The van der Waals surface area contributed by atoms with Gasteiger partial charge in [-0.3, -0.25) is 24.5 Å². The first kappa shape index (κ1) is 21.0. The molecule has 2 fully saturated rings. The fourth-order valence-corrected chi connectivity index (χ4v) is 5.02. The number of hydrogen-bond acceptors (Lipinski definition) is 6. The summed E-state index contributed by atoms with van der Waals surface area (Å²) < 4.78 is 0. The number of fused-ring (bicyclic) bond motifs is 2. The summed E-state index contributed by atoms with van der Waals surface area (Å²) in [5, 5.41) is 14.7. The number of hydroxylamine groups is 1. The molecule has 2 saturated heterocycles. The summed E-state index contributed by atoms with van der Waals surface area (Å²) in [7, 11) is 0. The SMILES string of the molecule is O=C1[C@@H]2[C@@H](ON(c3ccccc3)[C@H]2c2cccc3ccccc23)C(=O)N1c1ccc([N+](=O)[O-])cc1. The second kappa shape index (κ2) is 8.03. The first-order chi connectivity index (χ1) is 17.0. The number of nitro groups is 1. The van der Waals surface area contributed by atoms with Gasteiger partial charge in [0.1, 0.15) is 5.92 Å². The molecule has 0 aliphatic carbocycles. The third-order valence-corrected chi connectivity index (χ3v) is 6.59. The topological polar surface area (TPSA) is 93.0 Å². The summed E-state index contributed by atoms with van der Waals surface area (Å²) in [6.45, 7) is 0. The van der Waals surface area contributed by atoms with E-state index in [1.807, 2.05) is 72.8 Å². The molecule has 0 aromatic heterocycles. The summed E-state index contributed by atoms with van der Waals surface area (Å²) in [5.41, 5.74) is 1.79. The van der Waals surface area contributed by atoms with Crippen LogP contribution in [-0.4, -0.2) is 22.8 Å². The first-order valence-corrected chi connectivity index (χ1v) is 11.2. The maximum absolute atomic E-state index is 13.8. The predicted octanol–water partition coefficient (Wildman–Crippen LogP) is 4.80. The number of nitro benzene ring substituents is 1. The Morgan fingerprint density at radius 1 is 0.743 bits per heavy atom. The minimum atomic E-state index is -1.01. The van der Waals surface area contributed by atoms with Crippen LogP contribution >= 0.6 is 0 Å². The average Bonchev–Trinajstić information content (AvgIpc) is 3.40. The van der Waals surface area contributed by atoms with Crippen molar-refractivity contribution in [3.05, 3.63) is 113 Å². The molecule has 4 aromatic carbocycles. The van der Waals surface area contributed by atoms with Crippen LogP contribution in [0.15, 0.2) is 97.1 Å². The third kappa shape index (κ3) is 3.26. The van der Waals surface area contributed by atoms with Crippen LogP contribution in [0.1, 0.15) is 11.6 Å². The highest BCUT2D eigenvalue weighted by Gasteiger charge is 2.60. The molecule has 0 bridgehead atoms. The molecule has 0 saturated carbocycles. The van der Waals surface area contributed by atoms with Crippen molar-refractivity contribution in [2.75, 3.05) is 9.96 Å². The Hall–Kier alpha value is -4.56. The molecule has 0 radical (unpaired) electrons. The smallest absolute Gasteiger partial charge is 0.269 e. The summed E-state index contributed by atoms with van der Waals surface area (Å²) in [6.07, 6.45) is -1.01. The molecule has 2 heterocycles. The molecule has 2 aliphatic heterocycles. The highest BCUT2D eigenvalue weighted by atomic mass is 16.7. The summed E-state index contributed by atoms with van der Waals surface area (Å²) in [5.74, 6) is -1.67. The van der Waals surface area contributed by atoms with Gasteiger partial charge in [-0.15, -0.1) is 0 Å². The average molecular weight is 465 g/mol. The standard InChI is InChI=1S/C27H19N3O5/c31-26-23-24(22-12-6-8-17-7-4-5-11-21(17)22)29(19-9-2-1-3-10-19)35-25(23)27(32)28(26)18-13-15-20(16-14-18)30(33)34/h1-16,23-25H/t23-,24-,25+/m0/s1. The van der Waals surface area contributed by atoms with E-state index < -0.39 is 34.8 Å².